The zero-order valence-corrected chi connectivity index (χ0v) is 13.5. The number of amides is 1. The largest absolute Gasteiger partial charge is 0.368 e. The minimum Gasteiger partial charge on any atom is -0.368 e. The smallest absolute Gasteiger partial charge is 0.238 e. The molecule has 0 aromatic rings. The van der Waals surface area contributed by atoms with Crippen LogP contribution in [0.3, 0.4) is 0 Å². The SMILES string of the molecule is CC(C)SCCNC1(C(N)=O)C2CC3CC(C2)CC1C3. The first-order valence-electron chi connectivity index (χ1n) is 8.19. The highest BCUT2D eigenvalue weighted by Gasteiger charge is 2.59. The lowest BCUT2D eigenvalue weighted by Gasteiger charge is -2.60. The number of hydrogen-bond acceptors (Lipinski definition) is 3. The van der Waals surface area contributed by atoms with Gasteiger partial charge in [-0.15, -0.1) is 0 Å². The molecule has 0 spiro atoms. The number of nitrogens with two attached hydrogens (primary N) is 1. The maximum Gasteiger partial charge on any atom is 0.238 e. The lowest BCUT2D eigenvalue weighted by atomic mass is 9.48. The molecule has 0 aliphatic heterocycles. The summed E-state index contributed by atoms with van der Waals surface area (Å²) in [5.74, 6) is 3.73. The second-order valence-electron chi connectivity index (χ2n) is 7.38. The molecule has 4 heteroatoms. The van der Waals surface area contributed by atoms with E-state index in [9.17, 15) is 4.79 Å². The maximum absolute atomic E-state index is 12.3. The highest BCUT2D eigenvalue weighted by atomic mass is 32.2. The van der Waals surface area contributed by atoms with Crippen molar-refractivity contribution in [2.75, 3.05) is 12.3 Å². The highest BCUT2D eigenvalue weighted by Crippen LogP contribution is 2.58. The van der Waals surface area contributed by atoms with Crippen molar-refractivity contribution < 1.29 is 4.79 Å². The van der Waals surface area contributed by atoms with Gasteiger partial charge in [0.05, 0.1) is 0 Å². The van der Waals surface area contributed by atoms with Crippen molar-refractivity contribution in [3.05, 3.63) is 0 Å². The molecule has 3 nitrogen and oxygen atoms in total. The quantitative estimate of drug-likeness (QED) is 0.740. The summed E-state index contributed by atoms with van der Waals surface area (Å²) in [6.45, 7) is 5.35. The van der Waals surface area contributed by atoms with Crippen LogP contribution in [0.5, 0.6) is 0 Å². The van der Waals surface area contributed by atoms with Crippen molar-refractivity contribution in [1.82, 2.24) is 5.32 Å². The molecule has 4 aliphatic carbocycles. The van der Waals surface area contributed by atoms with E-state index in [1.165, 1.54) is 32.1 Å². The van der Waals surface area contributed by atoms with Crippen LogP contribution in [0.2, 0.25) is 0 Å². The van der Waals surface area contributed by atoms with Crippen LogP contribution in [-0.2, 0) is 4.79 Å². The topological polar surface area (TPSA) is 55.1 Å². The van der Waals surface area contributed by atoms with E-state index in [0.29, 0.717) is 17.1 Å². The van der Waals surface area contributed by atoms with Crippen LogP contribution >= 0.6 is 11.8 Å². The first-order chi connectivity index (χ1) is 9.52. The molecule has 0 saturated heterocycles. The van der Waals surface area contributed by atoms with Crippen LogP contribution in [0.1, 0.15) is 46.0 Å². The molecule has 4 saturated carbocycles. The van der Waals surface area contributed by atoms with E-state index in [1.807, 2.05) is 11.8 Å². The Morgan fingerprint density at radius 1 is 1.20 bits per heavy atom. The van der Waals surface area contributed by atoms with Gasteiger partial charge in [0.15, 0.2) is 0 Å². The summed E-state index contributed by atoms with van der Waals surface area (Å²) >= 11 is 1.95. The zero-order valence-electron chi connectivity index (χ0n) is 12.7. The highest BCUT2D eigenvalue weighted by molar-refractivity contribution is 7.99. The number of carbonyl (C=O) groups excluding carboxylic acids is 1. The van der Waals surface area contributed by atoms with Gasteiger partial charge in [-0.2, -0.15) is 11.8 Å². The van der Waals surface area contributed by atoms with Crippen molar-refractivity contribution in [3.8, 4) is 0 Å². The maximum atomic E-state index is 12.3. The molecule has 0 heterocycles. The Kier molecular flexibility index (Phi) is 4.06. The van der Waals surface area contributed by atoms with Gasteiger partial charge >= 0.3 is 0 Å². The number of thioether (sulfide) groups is 1. The monoisotopic (exact) mass is 296 g/mol. The van der Waals surface area contributed by atoms with E-state index in [1.54, 1.807) is 0 Å². The Bertz CT molecular complexity index is 355. The number of rotatable bonds is 6. The Balaban J connectivity index is 1.70. The first kappa shape index (κ1) is 14.7. The third-order valence-electron chi connectivity index (χ3n) is 5.80. The van der Waals surface area contributed by atoms with Gasteiger partial charge in [0.1, 0.15) is 5.54 Å². The van der Waals surface area contributed by atoms with Gasteiger partial charge in [0.2, 0.25) is 5.91 Å². The van der Waals surface area contributed by atoms with E-state index in [0.717, 1.165) is 24.1 Å². The zero-order chi connectivity index (χ0) is 14.3. The average Bonchev–Trinajstić information content (AvgIpc) is 2.35. The molecule has 0 atom stereocenters. The lowest BCUT2D eigenvalue weighted by molar-refractivity contribution is -0.143. The Morgan fingerprint density at radius 2 is 1.75 bits per heavy atom. The summed E-state index contributed by atoms with van der Waals surface area (Å²) < 4.78 is 0. The predicted octanol–water partition coefficient (Wildman–Crippen LogP) is 2.40. The average molecular weight is 296 g/mol. The summed E-state index contributed by atoms with van der Waals surface area (Å²) in [7, 11) is 0. The fourth-order valence-electron chi connectivity index (χ4n) is 5.26. The van der Waals surface area contributed by atoms with Crippen molar-refractivity contribution in [3.63, 3.8) is 0 Å². The van der Waals surface area contributed by atoms with E-state index in [2.05, 4.69) is 19.2 Å². The molecular weight excluding hydrogens is 268 g/mol. The van der Waals surface area contributed by atoms with Crippen LogP contribution in [-0.4, -0.2) is 29.0 Å². The molecule has 1 amide bonds. The number of carbonyl (C=O) groups is 1. The third kappa shape index (κ3) is 2.39. The molecule has 4 rings (SSSR count). The summed E-state index contributed by atoms with van der Waals surface area (Å²) in [4.78, 5) is 12.3. The van der Waals surface area contributed by atoms with Gasteiger partial charge in [0, 0.05) is 12.3 Å². The van der Waals surface area contributed by atoms with Crippen LogP contribution in [0.4, 0.5) is 0 Å². The van der Waals surface area contributed by atoms with Crippen molar-refractivity contribution >= 4 is 17.7 Å². The third-order valence-corrected chi connectivity index (χ3v) is 6.91. The molecule has 0 aromatic carbocycles. The van der Waals surface area contributed by atoms with Crippen molar-refractivity contribution in [2.45, 2.75) is 56.7 Å². The molecule has 3 N–H and O–H groups in total. The van der Waals surface area contributed by atoms with Crippen LogP contribution in [0.15, 0.2) is 0 Å². The summed E-state index contributed by atoms with van der Waals surface area (Å²) in [5.41, 5.74) is 5.50. The van der Waals surface area contributed by atoms with Crippen LogP contribution < -0.4 is 11.1 Å². The second kappa shape index (κ2) is 5.53. The minimum absolute atomic E-state index is 0.0825. The minimum atomic E-state index is -0.384. The molecule has 114 valence electrons. The van der Waals surface area contributed by atoms with Gasteiger partial charge in [-0.05, 0) is 61.0 Å². The molecule has 4 fully saturated rings. The molecule has 0 unspecified atom stereocenters. The van der Waals surface area contributed by atoms with Crippen molar-refractivity contribution in [1.29, 1.82) is 0 Å². The Morgan fingerprint density at radius 3 is 2.20 bits per heavy atom. The van der Waals surface area contributed by atoms with Gasteiger partial charge in [-0.25, -0.2) is 0 Å². The fourth-order valence-corrected chi connectivity index (χ4v) is 5.95. The Hall–Kier alpha value is -0.220. The Labute approximate surface area is 126 Å². The van der Waals surface area contributed by atoms with Gasteiger partial charge < -0.3 is 11.1 Å². The van der Waals surface area contributed by atoms with Crippen LogP contribution in [0.25, 0.3) is 0 Å². The lowest BCUT2D eigenvalue weighted by Crippen LogP contribution is -2.71. The van der Waals surface area contributed by atoms with E-state index in [-0.39, 0.29) is 11.4 Å². The van der Waals surface area contributed by atoms with E-state index < -0.39 is 0 Å². The summed E-state index contributed by atoms with van der Waals surface area (Å²) in [6, 6.07) is 0. The van der Waals surface area contributed by atoms with E-state index in [4.69, 9.17) is 5.73 Å². The normalized spacial score (nSPS) is 42.4. The molecule has 4 aliphatic rings. The molecular formula is C16H28N2OS. The van der Waals surface area contributed by atoms with Crippen LogP contribution in [0, 0.1) is 23.7 Å². The first-order valence-corrected chi connectivity index (χ1v) is 9.23. The van der Waals surface area contributed by atoms with Gasteiger partial charge in [0.25, 0.3) is 0 Å². The standard InChI is InChI=1S/C16H28N2OS/c1-10(2)20-4-3-18-16(15(17)19)13-6-11-5-12(8-13)9-14(16)7-11/h10-14,18H,3-9H2,1-2H3,(H2,17,19). The fraction of sp³-hybridized carbons (Fsp3) is 0.938. The predicted molar refractivity (Wildman–Crippen MR) is 84.6 cm³/mol. The molecule has 0 aromatic heterocycles. The van der Waals surface area contributed by atoms with Gasteiger partial charge in [-0.3, -0.25) is 4.79 Å². The number of nitrogens with one attached hydrogen (secondary N) is 1. The van der Waals surface area contributed by atoms with Gasteiger partial charge in [-0.1, -0.05) is 13.8 Å². The number of hydrogen-bond donors (Lipinski definition) is 2. The number of primary amides is 1. The summed E-state index contributed by atoms with van der Waals surface area (Å²) in [6.07, 6.45) is 6.30. The van der Waals surface area contributed by atoms with Crippen molar-refractivity contribution in [2.24, 2.45) is 29.4 Å². The molecule has 20 heavy (non-hydrogen) atoms. The van der Waals surface area contributed by atoms with E-state index >= 15 is 0 Å². The summed E-state index contributed by atoms with van der Waals surface area (Å²) in [5, 5.41) is 4.29. The second-order valence-corrected chi connectivity index (χ2v) is 9.07. The molecule has 4 bridgehead atoms. The molecule has 0 radical (unpaired) electrons.